The van der Waals surface area contributed by atoms with Gasteiger partial charge in [0, 0.05) is 11.8 Å². The van der Waals surface area contributed by atoms with Gasteiger partial charge in [0.05, 0.1) is 16.8 Å². The summed E-state index contributed by atoms with van der Waals surface area (Å²) in [7, 11) is 0. The van der Waals surface area contributed by atoms with Gasteiger partial charge in [0.1, 0.15) is 11.5 Å². The van der Waals surface area contributed by atoms with Gasteiger partial charge < -0.3 is 15.6 Å². The highest BCUT2D eigenvalue weighted by Gasteiger charge is 2.48. The monoisotopic (exact) mass is 448 g/mol. The lowest BCUT2D eigenvalue weighted by atomic mass is 10.1. The van der Waals surface area contributed by atoms with Crippen molar-refractivity contribution in [2.45, 2.75) is 26.9 Å². The maximum atomic E-state index is 13.6. The highest BCUT2D eigenvalue weighted by molar-refractivity contribution is 6.32. The molecule has 0 radical (unpaired) electrons. The molecular formula is C21H19F3N4O4. The Kier molecular flexibility index (Phi) is 5.84. The summed E-state index contributed by atoms with van der Waals surface area (Å²) in [6, 6.07) is 7.89. The fourth-order valence-corrected chi connectivity index (χ4v) is 2.96. The third-order valence-electron chi connectivity index (χ3n) is 4.81. The van der Waals surface area contributed by atoms with Crippen LogP contribution in [0, 0.1) is 13.8 Å². The van der Waals surface area contributed by atoms with Crippen molar-refractivity contribution in [2.75, 3.05) is 5.01 Å². The zero-order valence-corrected chi connectivity index (χ0v) is 17.2. The van der Waals surface area contributed by atoms with E-state index in [4.69, 9.17) is 0 Å². The van der Waals surface area contributed by atoms with Gasteiger partial charge in [0.2, 0.25) is 0 Å². The Morgan fingerprint density at radius 3 is 2.31 bits per heavy atom. The Hall–Kier alpha value is -4.02. The van der Waals surface area contributed by atoms with Crippen LogP contribution >= 0.6 is 0 Å². The van der Waals surface area contributed by atoms with Gasteiger partial charge >= 0.3 is 6.18 Å². The molecule has 2 aromatic carbocycles. The van der Waals surface area contributed by atoms with Crippen molar-refractivity contribution in [1.29, 1.82) is 0 Å². The molecule has 1 heterocycles. The molecular weight excluding hydrogens is 429 g/mol. The average Bonchev–Trinajstić information content (AvgIpc) is 3.05. The van der Waals surface area contributed by atoms with E-state index in [1.54, 1.807) is 19.1 Å². The van der Waals surface area contributed by atoms with Crippen LogP contribution in [0.3, 0.4) is 0 Å². The lowest BCUT2D eigenvalue weighted by molar-refractivity contribution is -0.114. The van der Waals surface area contributed by atoms with Gasteiger partial charge in [0.15, 0.2) is 5.71 Å². The second-order valence-corrected chi connectivity index (χ2v) is 7.11. The van der Waals surface area contributed by atoms with Crippen LogP contribution < -0.4 is 15.9 Å². The first-order chi connectivity index (χ1) is 14.9. The molecule has 11 heteroatoms. The largest absolute Gasteiger partial charge is 0.508 e. The third-order valence-corrected chi connectivity index (χ3v) is 4.81. The summed E-state index contributed by atoms with van der Waals surface area (Å²) in [5.74, 6) is -2.74. The quantitative estimate of drug-likeness (QED) is 0.424. The van der Waals surface area contributed by atoms with E-state index in [-0.39, 0.29) is 22.7 Å². The first kappa shape index (κ1) is 22.7. The number of allylic oxidation sites excluding steroid dienone is 1. The maximum Gasteiger partial charge on any atom is 0.436 e. The van der Waals surface area contributed by atoms with E-state index in [2.05, 4.69) is 16.0 Å². The van der Waals surface area contributed by atoms with Crippen molar-refractivity contribution < 1.29 is 33.0 Å². The second-order valence-electron chi connectivity index (χ2n) is 7.11. The lowest BCUT2D eigenvalue weighted by Crippen LogP contribution is -2.39. The number of aryl methyl sites for hydroxylation is 2. The molecule has 168 valence electrons. The molecule has 8 nitrogen and oxygen atoms in total. The molecule has 32 heavy (non-hydrogen) atoms. The molecule has 0 bridgehead atoms. The summed E-state index contributed by atoms with van der Waals surface area (Å²) in [5.41, 5.74) is 3.51. The van der Waals surface area contributed by atoms with Crippen LogP contribution in [-0.4, -0.2) is 33.9 Å². The Morgan fingerprint density at radius 2 is 1.72 bits per heavy atom. The summed E-state index contributed by atoms with van der Waals surface area (Å²) < 4.78 is 40.8. The number of hydrogen-bond acceptors (Lipinski definition) is 6. The van der Waals surface area contributed by atoms with Crippen molar-refractivity contribution in [3.05, 3.63) is 64.4 Å². The Labute approximate surface area is 180 Å². The number of alkyl halides is 3. The van der Waals surface area contributed by atoms with Crippen molar-refractivity contribution in [3.8, 4) is 11.5 Å². The Bertz CT molecular complexity index is 1170. The zero-order chi connectivity index (χ0) is 23.8. The summed E-state index contributed by atoms with van der Waals surface area (Å²) in [4.78, 5) is 25.1. The summed E-state index contributed by atoms with van der Waals surface area (Å²) in [6.07, 6.45) is -4.93. The summed E-state index contributed by atoms with van der Waals surface area (Å²) in [6.45, 7) is 4.75. The molecule has 0 fully saturated rings. The maximum absolute atomic E-state index is 13.6. The van der Waals surface area contributed by atoms with Gasteiger partial charge in [-0.15, -0.1) is 0 Å². The molecule has 0 spiro atoms. The molecule has 3 rings (SSSR count). The Balaban J connectivity index is 1.91. The van der Waals surface area contributed by atoms with E-state index < -0.39 is 35.0 Å². The first-order valence-corrected chi connectivity index (χ1v) is 9.27. The van der Waals surface area contributed by atoms with Gasteiger partial charge in [0.25, 0.3) is 11.8 Å². The minimum absolute atomic E-state index is 0.167. The van der Waals surface area contributed by atoms with Crippen LogP contribution in [0.15, 0.2) is 52.8 Å². The summed E-state index contributed by atoms with van der Waals surface area (Å²) >= 11 is 0. The van der Waals surface area contributed by atoms with E-state index in [0.29, 0.717) is 5.01 Å². The van der Waals surface area contributed by atoms with Crippen molar-refractivity contribution in [3.63, 3.8) is 0 Å². The van der Waals surface area contributed by atoms with Gasteiger partial charge in [-0.1, -0.05) is 6.07 Å². The predicted octanol–water partition coefficient (Wildman–Crippen LogP) is 3.19. The molecule has 0 unspecified atom stereocenters. The number of carbonyl (C=O) groups is 2. The molecule has 1 aliphatic heterocycles. The van der Waals surface area contributed by atoms with Crippen LogP contribution in [0.2, 0.25) is 0 Å². The van der Waals surface area contributed by atoms with Gasteiger partial charge in [-0.3, -0.25) is 15.0 Å². The number of hydrogen-bond donors (Lipinski definition) is 4. The fourth-order valence-electron chi connectivity index (χ4n) is 2.96. The smallest absolute Gasteiger partial charge is 0.436 e. The molecule has 0 saturated carbocycles. The summed E-state index contributed by atoms with van der Waals surface area (Å²) in [5, 5.41) is 23.2. The number of phenolic OH excluding ortho intramolecular Hbond substituents is 2. The van der Waals surface area contributed by atoms with Crippen molar-refractivity contribution >= 4 is 23.2 Å². The van der Waals surface area contributed by atoms with Gasteiger partial charge in [-0.25, -0.2) is 0 Å². The molecule has 2 amide bonds. The molecule has 0 saturated heterocycles. The van der Waals surface area contributed by atoms with Gasteiger partial charge in [-0.05, 0) is 56.2 Å². The molecule has 0 atom stereocenters. The molecule has 4 N–H and O–H groups in total. The van der Waals surface area contributed by atoms with Crippen LogP contribution in [0.5, 0.6) is 11.5 Å². The normalized spacial score (nSPS) is 15.5. The topological polar surface area (TPSA) is 114 Å². The van der Waals surface area contributed by atoms with Crippen LogP contribution in [0.4, 0.5) is 18.9 Å². The Morgan fingerprint density at radius 1 is 1.03 bits per heavy atom. The highest BCUT2D eigenvalue weighted by atomic mass is 19.4. The van der Waals surface area contributed by atoms with Gasteiger partial charge in [-0.2, -0.15) is 23.3 Å². The lowest BCUT2D eigenvalue weighted by Gasteiger charge is -2.15. The minimum Gasteiger partial charge on any atom is -0.508 e. The number of nitrogens with zero attached hydrogens (tertiary/aromatic N) is 2. The average molecular weight is 448 g/mol. The number of hydrazine groups is 1. The third kappa shape index (κ3) is 4.36. The number of carbonyl (C=O) groups excluding carboxylic acids is 2. The van der Waals surface area contributed by atoms with Crippen LogP contribution in [0.1, 0.15) is 28.4 Å². The number of phenols is 2. The highest BCUT2D eigenvalue weighted by Crippen LogP contribution is 2.33. The standard InChI is InChI=1S/C21H19F3N4O4/c1-10-4-5-13(8-11(10)2)28-20(32)17(18(27-28)21(22,23)24)12(3)25-26-19(31)15-7-6-14(29)9-16(15)30/h4-9,25,29-30H,1-3H3,(H,26,31)/b17-12-. The molecule has 0 aliphatic carbocycles. The number of anilines is 1. The number of nitrogens with one attached hydrogen (secondary N) is 2. The van der Waals surface area contributed by atoms with E-state index >= 15 is 0 Å². The number of aromatic hydroxyl groups is 2. The fraction of sp³-hybridized carbons (Fsp3) is 0.190. The molecule has 1 aliphatic rings. The van der Waals surface area contributed by atoms with Crippen molar-refractivity contribution in [2.24, 2.45) is 5.10 Å². The number of benzene rings is 2. The van der Waals surface area contributed by atoms with E-state index in [1.807, 2.05) is 6.92 Å². The SMILES string of the molecule is C/C(NNC(=O)c1ccc(O)cc1O)=C1/C(=O)N(c2ccc(C)c(C)c2)N=C1C(F)(F)F. The number of amides is 2. The number of rotatable bonds is 4. The van der Waals surface area contributed by atoms with Crippen LogP contribution in [0.25, 0.3) is 0 Å². The van der Waals surface area contributed by atoms with Crippen LogP contribution in [-0.2, 0) is 4.79 Å². The van der Waals surface area contributed by atoms with Crippen molar-refractivity contribution in [1.82, 2.24) is 10.9 Å². The minimum atomic E-state index is -4.93. The van der Waals surface area contributed by atoms with E-state index in [9.17, 15) is 33.0 Å². The zero-order valence-electron chi connectivity index (χ0n) is 17.2. The molecule has 0 aromatic heterocycles. The second kappa shape index (κ2) is 8.25. The van der Waals surface area contributed by atoms with E-state index in [1.165, 1.54) is 13.0 Å². The van der Waals surface area contributed by atoms with E-state index in [0.717, 1.165) is 29.3 Å². The number of halogens is 3. The predicted molar refractivity (Wildman–Crippen MR) is 110 cm³/mol. The molecule has 2 aromatic rings. The number of hydrazone groups is 1. The first-order valence-electron chi connectivity index (χ1n) is 9.27.